The molecule has 1 fully saturated rings. The second-order valence-electron chi connectivity index (χ2n) is 6.17. The number of carbonyl (C=O) groups is 2. The molecule has 0 aromatic heterocycles. The molecule has 2 aromatic carbocycles. The lowest BCUT2D eigenvalue weighted by atomic mass is 10.1. The third kappa shape index (κ3) is 4.45. The second kappa shape index (κ2) is 8.66. The van der Waals surface area contributed by atoms with Gasteiger partial charge in [0.2, 0.25) is 0 Å². The van der Waals surface area contributed by atoms with Crippen LogP contribution in [0.3, 0.4) is 0 Å². The van der Waals surface area contributed by atoms with Gasteiger partial charge in [-0.25, -0.2) is 0 Å². The predicted molar refractivity (Wildman–Crippen MR) is 102 cm³/mol. The molecule has 0 radical (unpaired) electrons. The third-order valence-corrected chi connectivity index (χ3v) is 4.44. The van der Waals surface area contributed by atoms with Crippen molar-refractivity contribution in [2.75, 3.05) is 38.7 Å². The molecule has 0 saturated carbocycles. The van der Waals surface area contributed by atoms with Crippen LogP contribution in [0.1, 0.15) is 26.3 Å². The molecule has 3 N–H and O–H groups in total. The van der Waals surface area contributed by atoms with Gasteiger partial charge in [-0.15, -0.1) is 0 Å². The Morgan fingerprint density at radius 2 is 1.78 bits per heavy atom. The number of benzene rings is 2. The number of carbonyl (C=O) groups excluding carboxylic acids is 2. The lowest BCUT2D eigenvalue weighted by Crippen LogP contribution is -2.40. The van der Waals surface area contributed by atoms with Gasteiger partial charge in [0.05, 0.1) is 26.0 Å². The zero-order valence-electron chi connectivity index (χ0n) is 15.2. The van der Waals surface area contributed by atoms with E-state index in [2.05, 4.69) is 5.32 Å². The minimum absolute atomic E-state index is 0.0937. The molecular formula is C20H23N3O4. The SMILES string of the molecule is COc1ccc(C(=O)N2CCOCC2)cc1NC(=O)c1ccc(CN)cc1. The Hall–Kier alpha value is -2.90. The highest BCUT2D eigenvalue weighted by molar-refractivity contribution is 6.06. The van der Waals surface area contributed by atoms with Crippen molar-refractivity contribution in [2.45, 2.75) is 6.54 Å². The summed E-state index contributed by atoms with van der Waals surface area (Å²) in [5.41, 5.74) is 7.97. The van der Waals surface area contributed by atoms with Gasteiger partial charge in [-0.3, -0.25) is 9.59 Å². The van der Waals surface area contributed by atoms with Crippen LogP contribution in [0.25, 0.3) is 0 Å². The molecule has 142 valence electrons. The number of anilines is 1. The molecule has 7 nitrogen and oxygen atoms in total. The van der Waals surface area contributed by atoms with Crippen LogP contribution in [0.4, 0.5) is 5.69 Å². The van der Waals surface area contributed by atoms with E-state index in [4.69, 9.17) is 15.2 Å². The first-order chi connectivity index (χ1) is 13.1. The lowest BCUT2D eigenvalue weighted by Gasteiger charge is -2.27. The van der Waals surface area contributed by atoms with Crippen molar-refractivity contribution in [2.24, 2.45) is 5.73 Å². The molecule has 1 heterocycles. The van der Waals surface area contributed by atoms with E-state index >= 15 is 0 Å². The van der Waals surface area contributed by atoms with Crippen molar-refractivity contribution < 1.29 is 19.1 Å². The fourth-order valence-electron chi connectivity index (χ4n) is 2.87. The third-order valence-electron chi connectivity index (χ3n) is 4.44. The zero-order valence-corrected chi connectivity index (χ0v) is 15.2. The Bertz CT molecular complexity index is 814. The summed E-state index contributed by atoms with van der Waals surface area (Å²) in [4.78, 5) is 27.0. The molecule has 1 saturated heterocycles. The summed E-state index contributed by atoms with van der Waals surface area (Å²) in [5, 5.41) is 2.82. The maximum atomic E-state index is 12.7. The number of hydrogen-bond acceptors (Lipinski definition) is 5. The largest absolute Gasteiger partial charge is 0.495 e. The molecule has 0 bridgehead atoms. The Morgan fingerprint density at radius 1 is 1.11 bits per heavy atom. The number of methoxy groups -OCH3 is 1. The Balaban J connectivity index is 1.80. The lowest BCUT2D eigenvalue weighted by molar-refractivity contribution is 0.0303. The summed E-state index contributed by atoms with van der Waals surface area (Å²) < 4.78 is 10.6. The molecule has 3 rings (SSSR count). The zero-order chi connectivity index (χ0) is 19.2. The van der Waals surface area contributed by atoms with E-state index in [1.807, 2.05) is 12.1 Å². The molecular weight excluding hydrogens is 346 g/mol. The van der Waals surface area contributed by atoms with Gasteiger partial charge in [0.1, 0.15) is 5.75 Å². The van der Waals surface area contributed by atoms with Gasteiger partial charge in [-0.1, -0.05) is 12.1 Å². The summed E-state index contributed by atoms with van der Waals surface area (Å²) >= 11 is 0. The monoisotopic (exact) mass is 369 g/mol. The van der Waals surface area contributed by atoms with E-state index in [1.54, 1.807) is 35.2 Å². The smallest absolute Gasteiger partial charge is 0.255 e. The first-order valence-corrected chi connectivity index (χ1v) is 8.78. The van der Waals surface area contributed by atoms with Gasteiger partial charge in [0.25, 0.3) is 11.8 Å². The average molecular weight is 369 g/mol. The Labute approximate surface area is 158 Å². The summed E-state index contributed by atoms with van der Waals surface area (Å²) in [6.07, 6.45) is 0. The first-order valence-electron chi connectivity index (χ1n) is 8.78. The number of morpholine rings is 1. The maximum absolute atomic E-state index is 12.7. The molecule has 27 heavy (non-hydrogen) atoms. The molecule has 1 aliphatic heterocycles. The Kier molecular flexibility index (Phi) is 6.05. The molecule has 0 atom stereocenters. The van der Waals surface area contributed by atoms with E-state index in [9.17, 15) is 9.59 Å². The van der Waals surface area contributed by atoms with Crippen LogP contribution < -0.4 is 15.8 Å². The van der Waals surface area contributed by atoms with Crippen LogP contribution >= 0.6 is 0 Å². The van der Waals surface area contributed by atoms with Gasteiger partial charge in [-0.05, 0) is 35.9 Å². The summed E-state index contributed by atoms with van der Waals surface area (Å²) in [7, 11) is 1.52. The highest BCUT2D eigenvalue weighted by Crippen LogP contribution is 2.27. The van der Waals surface area contributed by atoms with E-state index in [1.165, 1.54) is 7.11 Å². The summed E-state index contributed by atoms with van der Waals surface area (Å²) in [5.74, 6) is 0.108. The van der Waals surface area contributed by atoms with Crippen LogP contribution in [0.5, 0.6) is 5.75 Å². The maximum Gasteiger partial charge on any atom is 0.255 e. The van der Waals surface area contributed by atoms with E-state index in [0.717, 1.165) is 5.56 Å². The number of amides is 2. The van der Waals surface area contributed by atoms with Crippen LogP contribution in [-0.2, 0) is 11.3 Å². The second-order valence-corrected chi connectivity index (χ2v) is 6.17. The number of nitrogens with zero attached hydrogens (tertiary/aromatic N) is 1. The van der Waals surface area contributed by atoms with Crippen LogP contribution in [0, 0.1) is 0 Å². The van der Waals surface area contributed by atoms with E-state index in [-0.39, 0.29) is 11.8 Å². The molecule has 0 aliphatic carbocycles. The summed E-state index contributed by atoms with van der Waals surface area (Å²) in [6, 6.07) is 12.1. The van der Waals surface area contributed by atoms with E-state index in [0.29, 0.717) is 55.4 Å². The summed E-state index contributed by atoms with van der Waals surface area (Å²) in [6.45, 7) is 2.59. The topological polar surface area (TPSA) is 93.9 Å². The van der Waals surface area contributed by atoms with Crippen LogP contribution in [0.15, 0.2) is 42.5 Å². The van der Waals surface area contributed by atoms with Gasteiger partial charge in [0.15, 0.2) is 0 Å². The number of nitrogens with one attached hydrogen (secondary N) is 1. The first kappa shape index (κ1) is 18.9. The van der Waals surface area contributed by atoms with Gasteiger partial charge in [0, 0.05) is 30.8 Å². The number of hydrogen-bond donors (Lipinski definition) is 2. The quantitative estimate of drug-likeness (QED) is 0.839. The van der Waals surface area contributed by atoms with Crippen molar-refractivity contribution in [1.29, 1.82) is 0 Å². The Morgan fingerprint density at radius 3 is 2.41 bits per heavy atom. The van der Waals surface area contributed by atoms with E-state index < -0.39 is 0 Å². The molecule has 2 amide bonds. The minimum atomic E-state index is -0.284. The number of rotatable bonds is 5. The number of nitrogens with two attached hydrogens (primary N) is 1. The number of ether oxygens (including phenoxy) is 2. The minimum Gasteiger partial charge on any atom is -0.495 e. The molecule has 7 heteroatoms. The predicted octanol–water partition coefficient (Wildman–Crippen LogP) is 1.88. The van der Waals surface area contributed by atoms with Crippen molar-refractivity contribution in [1.82, 2.24) is 4.90 Å². The molecule has 0 unspecified atom stereocenters. The van der Waals surface area contributed by atoms with Crippen LogP contribution in [-0.4, -0.2) is 50.1 Å². The van der Waals surface area contributed by atoms with Gasteiger partial charge in [-0.2, -0.15) is 0 Å². The fourth-order valence-corrected chi connectivity index (χ4v) is 2.87. The van der Waals surface area contributed by atoms with Crippen molar-refractivity contribution >= 4 is 17.5 Å². The van der Waals surface area contributed by atoms with Gasteiger partial charge >= 0.3 is 0 Å². The van der Waals surface area contributed by atoms with Crippen LogP contribution in [0.2, 0.25) is 0 Å². The molecule has 1 aliphatic rings. The van der Waals surface area contributed by atoms with Crippen molar-refractivity contribution in [3.8, 4) is 5.75 Å². The van der Waals surface area contributed by atoms with Crippen molar-refractivity contribution in [3.05, 3.63) is 59.2 Å². The highest BCUT2D eigenvalue weighted by Gasteiger charge is 2.20. The molecule has 0 spiro atoms. The fraction of sp³-hybridized carbons (Fsp3) is 0.300. The normalized spacial score (nSPS) is 13.9. The van der Waals surface area contributed by atoms with Crippen molar-refractivity contribution in [3.63, 3.8) is 0 Å². The highest BCUT2D eigenvalue weighted by atomic mass is 16.5. The molecule has 2 aromatic rings. The average Bonchev–Trinajstić information content (AvgIpc) is 2.73. The van der Waals surface area contributed by atoms with Gasteiger partial charge < -0.3 is 25.4 Å². The standard InChI is InChI=1S/C20H23N3O4/c1-26-18-7-6-16(20(25)23-8-10-27-11-9-23)12-17(18)22-19(24)15-4-2-14(13-21)3-5-15/h2-7,12H,8-11,13,21H2,1H3,(H,22,24).